The van der Waals surface area contributed by atoms with Crippen LogP contribution >= 0.6 is 67.8 Å². The van der Waals surface area contributed by atoms with E-state index < -0.39 is 16.1 Å². The second kappa shape index (κ2) is 11.6. The summed E-state index contributed by atoms with van der Waals surface area (Å²) < 4.78 is 46.4. The molecule has 0 radical (unpaired) electrons. The third kappa shape index (κ3) is 6.28. The van der Waals surface area contributed by atoms with Crippen LogP contribution in [0.25, 0.3) is 0 Å². The first-order valence-electron chi connectivity index (χ1n) is 11.7. The van der Waals surface area contributed by atoms with E-state index >= 15 is 0 Å². The molecule has 2 aromatic carbocycles. The molecule has 2 saturated carbocycles. The first-order chi connectivity index (χ1) is 16.1. The molecule has 0 unspecified atom stereocenters. The van der Waals surface area contributed by atoms with Crippen molar-refractivity contribution in [2.75, 3.05) is 0 Å². The minimum Gasteiger partial charge on any atom is -0.744 e. The zero-order chi connectivity index (χ0) is 24.5. The van der Waals surface area contributed by atoms with E-state index in [9.17, 15) is 17.8 Å². The second-order valence-corrected chi connectivity index (χ2v) is 14.0. The maximum absolute atomic E-state index is 13.4. The Balaban J connectivity index is 1.83. The summed E-state index contributed by atoms with van der Waals surface area (Å²) in [5.74, 6) is -0.0804. The number of carbonyl (C=O) groups excluding carboxylic acids is 1. The van der Waals surface area contributed by atoms with E-state index in [0.717, 1.165) is 74.9 Å². The fourth-order valence-electron chi connectivity index (χ4n) is 5.28. The Morgan fingerprint density at radius 3 is 1.79 bits per heavy atom. The van der Waals surface area contributed by atoms with Gasteiger partial charge in [0.15, 0.2) is 0 Å². The SMILES string of the molecule is O=C(Oc1cc(I)cc(I)c1I)c1cc(C2CCCCC2)c(S(=O)(=O)[O-])c(C2CCCCC2)c1. The zero-order valence-corrected chi connectivity index (χ0v) is 25.9. The highest BCUT2D eigenvalue weighted by molar-refractivity contribution is 14.1. The van der Waals surface area contributed by atoms with E-state index in [2.05, 4.69) is 67.8 Å². The van der Waals surface area contributed by atoms with E-state index in [1.54, 1.807) is 12.1 Å². The quantitative estimate of drug-likeness (QED) is 0.102. The van der Waals surface area contributed by atoms with Gasteiger partial charge in [-0.1, -0.05) is 38.5 Å². The predicted molar refractivity (Wildman–Crippen MR) is 156 cm³/mol. The zero-order valence-electron chi connectivity index (χ0n) is 18.6. The number of hydrogen-bond donors (Lipinski definition) is 0. The van der Waals surface area contributed by atoms with Crippen molar-refractivity contribution in [1.82, 2.24) is 0 Å². The van der Waals surface area contributed by atoms with Crippen LogP contribution in [0.1, 0.15) is 97.5 Å². The highest BCUT2D eigenvalue weighted by Gasteiger charge is 2.30. The van der Waals surface area contributed by atoms with Crippen LogP contribution < -0.4 is 4.74 Å². The molecule has 0 aliphatic heterocycles. The molecule has 0 spiro atoms. The fourth-order valence-corrected chi connectivity index (χ4v) is 8.52. The maximum atomic E-state index is 13.4. The van der Waals surface area contributed by atoms with Gasteiger partial charge >= 0.3 is 5.97 Å². The highest BCUT2D eigenvalue weighted by Crippen LogP contribution is 2.43. The molecule has 2 aliphatic rings. The molecule has 2 fully saturated rings. The summed E-state index contributed by atoms with van der Waals surface area (Å²) in [6.07, 6.45) is 9.52. The lowest BCUT2D eigenvalue weighted by Crippen LogP contribution is -2.19. The van der Waals surface area contributed by atoms with Gasteiger partial charge in [0.2, 0.25) is 0 Å². The normalized spacial score (nSPS) is 18.1. The van der Waals surface area contributed by atoms with Crippen molar-refractivity contribution in [3.8, 4) is 5.75 Å². The van der Waals surface area contributed by atoms with E-state index in [4.69, 9.17) is 4.74 Å². The van der Waals surface area contributed by atoms with Gasteiger partial charge in [0.25, 0.3) is 0 Å². The predicted octanol–water partition coefficient (Wildman–Crippen LogP) is 7.72. The summed E-state index contributed by atoms with van der Waals surface area (Å²) in [6, 6.07) is 7.09. The number of benzene rings is 2. The van der Waals surface area contributed by atoms with Crippen molar-refractivity contribution in [2.45, 2.75) is 80.9 Å². The number of rotatable bonds is 5. The van der Waals surface area contributed by atoms with E-state index in [-0.39, 0.29) is 16.7 Å². The molecule has 2 aliphatic carbocycles. The Labute approximate surface area is 242 Å². The monoisotopic (exact) mass is 819 g/mol. The molecule has 9 heteroatoms. The molecule has 0 aromatic heterocycles. The Hall–Kier alpha value is 0.01000. The molecule has 4 rings (SSSR count). The molecule has 0 amide bonds. The van der Waals surface area contributed by atoms with Gasteiger partial charge in [-0.05, 0) is 141 Å². The first kappa shape index (κ1) is 27.1. The lowest BCUT2D eigenvalue weighted by Gasteiger charge is -2.31. The lowest BCUT2D eigenvalue weighted by molar-refractivity contribution is 0.0732. The van der Waals surface area contributed by atoms with Crippen molar-refractivity contribution in [2.24, 2.45) is 0 Å². The molecule has 0 bridgehead atoms. The average molecular weight is 819 g/mol. The minimum absolute atomic E-state index is 0.0266. The van der Waals surface area contributed by atoms with Crippen molar-refractivity contribution in [1.29, 1.82) is 0 Å². The second-order valence-electron chi connectivity index (χ2n) is 9.20. The smallest absolute Gasteiger partial charge is 0.343 e. The van der Waals surface area contributed by atoms with Crippen LogP contribution in [0.5, 0.6) is 5.75 Å². The van der Waals surface area contributed by atoms with Gasteiger partial charge in [0, 0.05) is 7.14 Å². The van der Waals surface area contributed by atoms with E-state index in [1.807, 2.05) is 12.1 Å². The maximum Gasteiger partial charge on any atom is 0.343 e. The minimum atomic E-state index is -4.69. The topological polar surface area (TPSA) is 83.5 Å². The van der Waals surface area contributed by atoms with E-state index in [0.29, 0.717) is 22.4 Å². The van der Waals surface area contributed by atoms with Crippen LogP contribution in [0.15, 0.2) is 29.2 Å². The van der Waals surface area contributed by atoms with Crippen molar-refractivity contribution >= 4 is 83.9 Å². The lowest BCUT2D eigenvalue weighted by atomic mass is 9.79. The van der Waals surface area contributed by atoms with Gasteiger partial charge < -0.3 is 9.29 Å². The summed E-state index contributed by atoms with van der Waals surface area (Å²) in [5, 5.41) is 0. The van der Waals surface area contributed by atoms with Gasteiger partial charge in [-0.3, -0.25) is 0 Å². The van der Waals surface area contributed by atoms with Gasteiger partial charge in [-0.2, -0.15) is 0 Å². The molecule has 34 heavy (non-hydrogen) atoms. The molecule has 0 saturated heterocycles. The van der Waals surface area contributed by atoms with Crippen LogP contribution in [0.2, 0.25) is 0 Å². The molecule has 0 heterocycles. The molecule has 5 nitrogen and oxygen atoms in total. The van der Waals surface area contributed by atoms with Crippen molar-refractivity contribution in [3.05, 3.63) is 51.7 Å². The van der Waals surface area contributed by atoms with Gasteiger partial charge in [-0.15, -0.1) is 0 Å². The third-order valence-electron chi connectivity index (χ3n) is 6.88. The Kier molecular flexibility index (Phi) is 9.23. The number of carbonyl (C=O) groups is 1. The molecule has 0 N–H and O–H groups in total. The summed E-state index contributed by atoms with van der Waals surface area (Å²) in [6.45, 7) is 0. The van der Waals surface area contributed by atoms with Gasteiger partial charge in [-0.25, -0.2) is 13.2 Å². The molecule has 184 valence electrons. The molecular formula is C25H26I3O5S-. The van der Waals surface area contributed by atoms with Crippen molar-refractivity contribution < 1.29 is 22.5 Å². The Bertz CT molecular complexity index is 1140. The van der Waals surface area contributed by atoms with E-state index in [1.165, 1.54) is 0 Å². The highest BCUT2D eigenvalue weighted by atomic mass is 127. The van der Waals surface area contributed by atoms with Crippen LogP contribution in [0.3, 0.4) is 0 Å². The number of esters is 1. The number of ether oxygens (including phenoxy) is 1. The number of halogens is 3. The van der Waals surface area contributed by atoms with Crippen LogP contribution in [-0.4, -0.2) is 18.9 Å². The molecular weight excluding hydrogens is 793 g/mol. The third-order valence-corrected chi connectivity index (χ3v) is 11.5. The van der Waals surface area contributed by atoms with Crippen LogP contribution in [-0.2, 0) is 10.1 Å². The summed E-state index contributed by atoms with van der Waals surface area (Å²) >= 11 is 6.57. The van der Waals surface area contributed by atoms with Gasteiger partial charge in [0.05, 0.1) is 14.0 Å². The van der Waals surface area contributed by atoms with Crippen LogP contribution in [0.4, 0.5) is 0 Å². The average Bonchev–Trinajstić information content (AvgIpc) is 2.82. The van der Waals surface area contributed by atoms with Crippen molar-refractivity contribution in [3.63, 3.8) is 0 Å². The summed E-state index contributed by atoms with van der Waals surface area (Å²) in [5.41, 5.74) is 1.38. The summed E-state index contributed by atoms with van der Waals surface area (Å²) in [4.78, 5) is 13.3. The standard InChI is InChI=1S/C25H27I3O5S/c26-18-13-21(27)23(28)22(14-18)33-25(29)17-11-19(15-7-3-1-4-8-15)24(34(30,31)32)20(12-17)16-9-5-2-6-10-16/h11-16H,1-10H2,(H,30,31,32)/p-1. The fraction of sp³-hybridized carbons (Fsp3) is 0.480. The molecule has 0 atom stereocenters. The number of hydrogen-bond acceptors (Lipinski definition) is 5. The van der Waals surface area contributed by atoms with Gasteiger partial charge in [0.1, 0.15) is 15.9 Å². The first-order valence-corrected chi connectivity index (χ1v) is 16.3. The Morgan fingerprint density at radius 2 is 1.32 bits per heavy atom. The summed E-state index contributed by atoms with van der Waals surface area (Å²) in [7, 11) is -4.69. The Morgan fingerprint density at radius 1 is 0.824 bits per heavy atom. The largest absolute Gasteiger partial charge is 0.744 e. The molecule has 2 aromatic rings. The van der Waals surface area contributed by atoms with Crippen LogP contribution in [0, 0.1) is 10.7 Å².